The van der Waals surface area contributed by atoms with E-state index in [1.807, 2.05) is 43.3 Å². The number of fused-ring (bicyclic) bond motifs is 6. The minimum atomic E-state index is -1.45. The summed E-state index contributed by atoms with van der Waals surface area (Å²) in [5.74, 6) is 0.406. The molecular weight excluding hydrogens is 470 g/mol. The second-order valence-electron chi connectivity index (χ2n) is 11.7. The van der Waals surface area contributed by atoms with Gasteiger partial charge in [-0.3, -0.25) is 14.6 Å². The van der Waals surface area contributed by atoms with Crippen LogP contribution in [0.15, 0.2) is 65.2 Å². The van der Waals surface area contributed by atoms with Crippen molar-refractivity contribution >= 4 is 34.2 Å². The van der Waals surface area contributed by atoms with Crippen LogP contribution in [0.3, 0.4) is 0 Å². The number of Topliss-reactive ketones (excluding diaryl/α,β-unsaturated/α-hetero) is 1. The van der Waals surface area contributed by atoms with Crippen LogP contribution in [-0.2, 0) is 9.59 Å². The number of thioether (sulfide) groups is 1. The molecule has 1 heterocycles. The van der Waals surface area contributed by atoms with Crippen LogP contribution < -0.4 is 0 Å². The highest BCUT2D eigenvalue weighted by Crippen LogP contribution is 2.67. The number of nitrogens with zero attached hydrogens (tertiary/aromatic N) is 1. The fraction of sp³-hybridized carbons (Fsp3) is 0.500. The predicted molar refractivity (Wildman–Crippen MR) is 140 cm³/mol. The van der Waals surface area contributed by atoms with E-state index in [0.29, 0.717) is 12.8 Å². The number of aliphatic hydroxyl groups is 2. The first-order valence-corrected chi connectivity index (χ1v) is 14.0. The van der Waals surface area contributed by atoms with Crippen molar-refractivity contribution in [1.82, 2.24) is 4.98 Å². The zero-order chi connectivity index (χ0) is 25.3. The van der Waals surface area contributed by atoms with Gasteiger partial charge in [0.25, 0.3) is 0 Å². The highest BCUT2D eigenvalue weighted by atomic mass is 32.2. The summed E-state index contributed by atoms with van der Waals surface area (Å²) in [6.45, 7) is 4.17. The van der Waals surface area contributed by atoms with Crippen LogP contribution in [0, 0.1) is 28.6 Å². The molecule has 0 amide bonds. The fourth-order valence-corrected chi connectivity index (χ4v) is 9.25. The molecule has 0 spiro atoms. The largest absolute Gasteiger partial charge is 0.393 e. The Morgan fingerprint density at radius 1 is 1.19 bits per heavy atom. The molecule has 7 atom stereocenters. The zero-order valence-electron chi connectivity index (χ0n) is 20.8. The summed E-state index contributed by atoms with van der Waals surface area (Å²) < 4.78 is 0. The molecular formula is C30H33NO4S. The number of allylic oxidation sites excluding steroid dienone is 4. The Kier molecular flexibility index (Phi) is 5.60. The smallest absolute Gasteiger partial charge is 0.178 e. The minimum absolute atomic E-state index is 0.00601. The first-order chi connectivity index (χ1) is 17.2. The van der Waals surface area contributed by atoms with Gasteiger partial charge in [-0.05, 0) is 68.2 Å². The molecule has 3 fully saturated rings. The summed E-state index contributed by atoms with van der Waals surface area (Å²) in [4.78, 5) is 31.2. The van der Waals surface area contributed by atoms with Crippen LogP contribution in [0.1, 0.15) is 46.0 Å². The van der Waals surface area contributed by atoms with Crippen molar-refractivity contribution < 1.29 is 19.8 Å². The average Bonchev–Trinajstić information content (AvgIpc) is 3.13. The molecule has 0 saturated heterocycles. The Morgan fingerprint density at radius 3 is 2.83 bits per heavy atom. The number of benzene rings is 1. The third-order valence-corrected chi connectivity index (χ3v) is 11.1. The minimum Gasteiger partial charge on any atom is -0.393 e. The topological polar surface area (TPSA) is 87.5 Å². The molecule has 6 unspecified atom stereocenters. The molecule has 4 aliphatic rings. The van der Waals surface area contributed by atoms with E-state index in [1.54, 1.807) is 18.3 Å². The van der Waals surface area contributed by atoms with Gasteiger partial charge in [-0.15, -0.1) is 11.8 Å². The van der Waals surface area contributed by atoms with Gasteiger partial charge < -0.3 is 10.2 Å². The summed E-state index contributed by atoms with van der Waals surface area (Å²) in [7, 11) is 0. The third kappa shape index (κ3) is 3.34. The van der Waals surface area contributed by atoms with Gasteiger partial charge in [-0.1, -0.05) is 43.7 Å². The van der Waals surface area contributed by atoms with Gasteiger partial charge in [-0.25, -0.2) is 0 Å². The lowest BCUT2D eigenvalue weighted by molar-refractivity contribution is -0.174. The maximum absolute atomic E-state index is 13.7. The first kappa shape index (κ1) is 24.1. The van der Waals surface area contributed by atoms with Gasteiger partial charge in [-0.2, -0.15) is 0 Å². The van der Waals surface area contributed by atoms with E-state index in [-0.39, 0.29) is 40.5 Å². The number of ketones is 2. The summed E-state index contributed by atoms with van der Waals surface area (Å²) >= 11 is 1.44. The van der Waals surface area contributed by atoms with Gasteiger partial charge >= 0.3 is 0 Å². The van der Waals surface area contributed by atoms with E-state index in [0.717, 1.165) is 40.6 Å². The van der Waals surface area contributed by atoms with Gasteiger partial charge in [0.2, 0.25) is 0 Å². The highest BCUT2D eigenvalue weighted by molar-refractivity contribution is 8.00. The standard InChI is InChI=1S/C30H33NO4S/c1-28-12-10-20(32)15-19(28)8-9-21-22-11-13-30(35,29(22,2)16-23(33)26(21)28)25(34)17-36-24-7-3-5-18-6-4-14-31-27(18)24/h3-7,10,12,14-15,21-23,26,33,35H,8-9,11,13,16-17H2,1-2H3/t21?,22?,23?,26?,28?,29?,30-/m0/s1. The SMILES string of the molecule is CC12C=CC(=O)C=C1CCC1C2C(O)CC2(C)C1CC[C@]2(O)C(=O)CSc1cccc2cccnc12. The van der Waals surface area contributed by atoms with Crippen molar-refractivity contribution in [3.05, 3.63) is 60.3 Å². The molecule has 4 aliphatic carbocycles. The summed E-state index contributed by atoms with van der Waals surface area (Å²) in [5.41, 5.74) is -0.491. The molecule has 188 valence electrons. The van der Waals surface area contributed by atoms with Crippen LogP contribution in [0.5, 0.6) is 0 Å². The van der Waals surface area contributed by atoms with Crippen LogP contribution >= 0.6 is 11.8 Å². The van der Waals surface area contributed by atoms with E-state index < -0.39 is 17.1 Å². The molecule has 0 bridgehead atoms. The molecule has 6 rings (SSSR count). The molecule has 36 heavy (non-hydrogen) atoms. The summed E-state index contributed by atoms with van der Waals surface area (Å²) in [6, 6.07) is 9.86. The van der Waals surface area contributed by atoms with Gasteiger partial charge in [0, 0.05) is 33.2 Å². The Morgan fingerprint density at radius 2 is 2.00 bits per heavy atom. The maximum atomic E-state index is 13.7. The van der Waals surface area contributed by atoms with Crippen LogP contribution in [0.2, 0.25) is 0 Å². The van der Waals surface area contributed by atoms with Crippen LogP contribution in [-0.4, -0.2) is 44.2 Å². The number of carbonyl (C=O) groups is 2. The normalized spacial score (nSPS) is 39.3. The molecule has 3 saturated carbocycles. The van der Waals surface area contributed by atoms with E-state index in [2.05, 4.69) is 11.9 Å². The molecule has 1 aromatic carbocycles. The molecule has 5 nitrogen and oxygen atoms in total. The van der Waals surface area contributed by atoms with E-state index in [4.69, 9.17) is 0 Å². The summed E-state index contributed by atoms with van der Waals surface area (Å²) in [5, 5.41) is 24.6. The van der Waals surface area contributed by atoms with Crippen LogP contribution in [0.4, 0.5) is 0 Å². The Balaban J connectivity index is 1.26. The van der Waals surface area contributed by atoms with Crippen molar-refractivity contribution in [3.8, 4) is 0 Å². The second kappa shape index (κ2) is 8.37. The summed E-state index contributed by atoms with van der Waals surface area (Å²) in [6.07, 6.45) is 9.82. The Bertz CT molecular complexity index is 1310. The van der Waals surface area contributed by atoms with Crippen LogP contribution in [0.25, 0.3) is 10.9 Å². The van der Waals surface area contributed by atoms with Crippen molar-refractivity contribution in [1.29, 1.82) is 0 Å². The zero-order valence-corrected chi connectivity index (χ0v) is 21.6. The van der Waals surface area contributed by atoms with E-state index >= 15 is 0 Å². The molecule has 2 N–H and O–H groups in total. The number of para-hydroxylation sites is 1. The van der Waals surface area contributed by atoms with Crippen molar-refractivity contribution in [2.75, 3.05) is 5.75 Å². The number of aliphatic hydroxyl groups excluding tert-OH is 1. The number of rotatable bonds is 4. The number of hydrogen-bond donors (Lipinski definition) is 2. The highest BCUT2D eigenvalue weighted by Gasteiger charge is 2.67. The van der Waals surface area contributed by atoms with E-state index in [9.17, 15) is 19.8 Å². The maximum Gasteiger partial charge on any atom is 0.178 e. The fourth-order valence-electron chi connectivity index (χ4n) is 8.24. The molecule has 0 radical (unpaired) electrons. The van der Waals surface area contributed by atoms with Crippen molar-refractivity contribution in [2.24, 2.45) is 28.6 Å². The van der Waals surface area contributed by atoms with E-state index in [1.165, 1.54) is 11.8 Å². The average molecular weight is 504 g/mol. The lowest BCUT2D eigenvalue weighted by Crippen LogP contribution is -2.61. The lowest BCUT2D eigenvalue weighted by atomic mass is 9.46. The molecule has 2 aromatic rings. The third-order valence-electron chi connectivity index (χ3n) is 10.1. The first-order valence-electron chi connectivity index (χ1n) is 13.0. The van der Waals surface area contributed by atoms with Gasteiger partial charge in [0.05, 0.1) is 17.4 Å². The van der Waals surface area contributed by atoms with Gasteiger partial charge in [0.15, 0.2) is 11.6 Å². The van der Waals surface area contributed by atoms with Crippen molar-refractivity contribution in [3.63, 3.8) is 0 Å². The number of hydrogen-bond acceptors (Lipinski definition) is 6. The number of carbonyl (C=O) groups excluding carboxylic acids is 2. The predicted octanol–water partition coefficient (Wildman–Crippen LogP) is 4.91. The number of pyridine rings is 1. The molecule has 1 aromatic heterocycles. The Labute approximate surface area is 216 Å². The van der Waals surface area contributed by atoms with Gasteiger partial charge in [0.1, 0.15) is 5.60 Å². The molecule has 0 aliphatic heterocycles. The number of aromatic nitrogens is 1. The quantitative estimate of drug-likeness (QED) is 0.577. The second-order valence-corrected chi connectivity index (χ2v) is 12.7. The monoisotopic (exact) mass is 503 g/mol. The Hall–Kier alpha value is -2.28. The molecule has 6 heteroatoms. The lowest BCUT2D eigenvalue weighted by Gasteiger charge is -2.59. The van der Waals surface area contributed by atoms with Crippen molar-refractivity contribution in [2.45, 2.75) is 62.6 Å².